The van der Waals surface area contributed by atoms with Crippen LogP contribution < -0.4 is 32.4 Å². The number of benzene rings is 4. The predicted molar refractivity (Wildman–Crippen MR) is 229 cm³/mol. The monoisotopic (exact) mass is 766 g/mol. The van der Waals surface area contributed by atoms with Crippen molar-refractivity contribution in [2.24, 2.45) is 15.4 Å². The maximum absolute atomic E-state index is 14.0. The first-order valence-corrected chi connectivity index (χ1v) is 21.4. The molecule has 0 aliphatic heterocycles. The molecule has 6 aromatic carbocycles. The van der Waals surface area contributed by atoms with E-state index in [1.54, 1.807) is 22.7 Å². The molecule has 0 atom stereocenters. The molecule has 56 heavy (non-hydrogen) atoms. The van der Waals surface area contributed by atoms with Gasteiger partial charge in [0, 0.05) is 42.0 Å². The van der Waals surface area contributed by atoms with Crippen molar-refractivity contribution in [1.82, 2.24) is 0 Å². The van der Waals surface area contributed by atoms with E-state index >= 15 is 0 Å². The van der Waals surface area contributed by atoms with Gasteiger partial charge in [-0.25, -0.2) is 9.98 Å². The molecule has 8 aromatic rings. The number of rotatable bonds is 2. The predicted octanol–water partition coefficient (Wildman–Crippen LogP) is 9.42. The summed E-state index contributed by atoms with van der Waals surface area (Å²) in [5, 5.41) is 6.22. The van der Waals surface area contributed by atoms with Crippen LogP contribution in [0.25, 0.3) is 58.1 Å². The zero-order valence-electron chi connectivity index (χ0n) is 30.5. The lowest BCUT2D eigenvalue weighted by Gasteiger charge is -2.37. The van der Waals surface area contributed by atoms with Crippen molar-refractivity contribution in [3.8, 4) is 0 Å². The normalized spacial score (nSPS) is 18.6. The Labute approximate surface area is 327 Å². The van der Waals surface area contributed by atoms with Crippen molar-refractivity contribution in [3.05, 3.63) is 158 Å². The van der Waals surface area contributed by atoms with Crippen LogP contribution in [0.3, 0.4) is 0 Å². The number of fused-ring (bicyclic) bond motifs is 11. The molecule has 2 fully saturated rings. The average molecular weight is 767 g/mol. The van der Waals surface area contributed by atoms with Crippen molar-refractivity contribution >= 4 is 85.7 Å². The van der Waals surface area contributed by atoms with E-state index in [0.29, 0.717) is 26.5 Å². The van der Waals surface area contributed by atoms with Gasteiger partial charge in [-0.05, 0) is 100 Å². The Morgan fingerprint density at radius 3 is 1.48 bits per heavy atom. The molecular formula is C48H34N2O4S2. The van der Waals surface area contributed by atoms with Gasteiger partial charge in [0.25, 0.3) is 0 Å². The summed E-state index contributed by atoms with van der Waals surface area (Å²) in [4.78, 5) is 66.6. The third-order valence-corrected chi connectivity index (χ3v) is 15.9. The molecule has 0 amide bonds. The molecule has 2 spiro atoms. The molecule has 6 nitrogen and oxygen atoms in total. The molecule has 4 aliphatic carbocycles. The molecule has 0 saturated heterocycles. The maximum atomic E-state index is 14.0. The van der Waals surface area contributed by atoms with Gasteiger partial charge < -0.3 is 0 Å². The van der Waals surface area contributed by atoms with E-state index in [4.69, 9.17) is 9.98 Å². The van der Waals surface area contributed by atoms with Crippen LogP contribution in [0.1, 0.15) is 74.6 Å². The summed E-state index contributed by atoms with van der Waals surface area (Å²) in [5.41, 5.74) is 3.28. The number of thiophene rings is 2. The third kappa shape index (κ3) is 4.26. The fraction of sp³-hybridized carbons (Fsp3) is 0.250. The van der Waals surface area contributed by atoms with Crippen molar-refractivity contribution in [2.75, 3.05) is 0 Å². The topological polar surface area (TPSA) is 93.0 Å². The Balaban J connectivity index is 1.04. The fourth-order valence-corrected chi connectivity index (χ4v) is 13.8. The highest BCUT2D eigenvalue weighted by atomic mass is 32.1. The van der Waals surface area contributed by atoms with Crippen LogP contribution in [0.4, 0.5) is 5.00 Å². The Hall–Kier alpha value is -5.44. The van der Waals surface area contributed by atoms with Gasteiger partial charge >= 0.3 is 0 Å². The molecule has 2 heterocycles. The minimum absolute atomic E-state index is 0.00652. The van der Waals surface area contributed by atoms with Crippen LogP contribution in [0.5, 0.6) is 0 Å². The molecule has 0 unspecified atom stereocenters. The highest BCUT2D eigenvalue weighted by Gasteiger charge is 2.57. The summed E-state index contributed by atoms with van der Waals surface area (Å²) in [6.45, 7) is 0. The quantitative estimate of drug-likeness (QED) is 0.175. The smallest absolute Gasteiger partial charge is 0.216 e. The number of hydrogen-bond donors (Lipinski definition) is 0. The van der Waals surface area contributed by atoms with E-state index < -0.39 is 0 Å². The van der Waals surface area contributed by atoms with E-state index in [0.717, 1.165) is 89.7 Å². The summed E-state index contributed by atoms with van der Waals surface area (Å²) in [5.74, 6) is 0. The van der Waals surface area contributed by atoms with E-state index in [9.17, 15) is 19.2 Å². The van der Waals surface area contributed by atoms with Gasteiger partial charge in [0.05, 0.1) is 10.4 Å². The number of allylic oxidation sites excluding steroid dienone is 3. The summed E-state index contributed by atoms with van der Waals surface area (Å²) < 4.78 is 2.34. The van der Waals surface area contributed by atoms with Crippen LogP contribution in [-0.2, 0) is 5.41 Å². The van der Waals surface area contributed by atoms with Crippen LogP contribution in [-0.4, -0.2) is 0 Å². The van der Waals surface area contributed by atoms with Crippen molar-refractivity contribution in [2.45, 2.75) is 69.6 Å². The molecule has 0 bridgehead atoms. The molecule has 2 saturated carbocycles. The second-order valence-electron chi connectivity index (χ2n) is 16.4. The van der Waals surface area contributed by atoms with Gasteiger partial charge in [0.1, 0.15) is 5.00 Å². The lowest BCUT2D eigenvalue weighted by atomic mass is 9.67. The number of hydrogen-bond acceptors (Lipinski definition) is 8. The van der Waals surface area contributed by atoms with Gasteiger partial charge in [-0.2, -0.15) is 0 Å². The first kappa shape index (κ1) is 32.8. The van der Waals surface area contributed by atoms with Gasteiger partial charge in [0.15, 0.2) is 10.7 Å². The first-order chi connectivity index (χ1) is 27.3. The van der Waals surface area contributed by atoms with E-state index in [2.05, 4.69) is 12.1 Å². The molecule has 0 radical (unpaired) electrons. The molecule has 8 heteroatoms. The van der Waals surface area contributed by atoms with Crippen molar-refractivity contribution in [3.63, 3.8) is 0 Å². The Kier molecular flexibility index (Phi) is 6.76. The lowest BCUT2D eigenvalue weighted by Crippen LogP contribution is -2.34. The summed E-state index contributed by atoms with van der Waals surface area (Å²) >= 11 is 3.40. The molecule has 2 aromatic heterocycles. The molecule has 272 valence electrons. The fourth-order valence-electron chi connectivity index (χ4n) is 11.0. The van der Waals surface area contributed by atoms with Gasteiger partial charge in [-0.3, -0.25) is 19.2 Å². The lowest BCUT2D eigenvalue weighted by molar-refractivity contribution is 0.321. The highest BCUT2D eigenvalue weighted by molar-refractivity contribution is 7.30. The van der Waals surface area contributed by atoms with Crippen LogP contribution in [0, 0.1) is 5.41 Å². The second kappa shape index (κ2) is 11.6. The van der Waals surface area contributed by atoms with Gasteiger partial charge in [-0.15, -0.1) is 22.7 Å². The third-order valence-electron chi connectivity index (χ3n) is 13.6. The maximum Gasteiger partial charge on any atom is 0.216 e. The molecule has 12 rings (SSSR count). The molecule has 4 aliphatic rings. The molecule has 0 N–H and O–H groups in total. The highest BCUT2D eigenvalue weighted by Crippen LogP contribution is 2.70. The number of nitrogens with zero attached hydrogens (tertiary/aromatic N) is 2. The minimum atomic E-state index is -0.357. The Morgan fingerprint density at radius 1 is 0.518 bits per heavy atom. The summed E-state index contributed by atoms with van der Waals surface area (Å²) in [6.07, 6.45) is 12.9. The van der Waals surface area contributed by atoms with Gasteiger partial charge in [-0.1, -0.05) is 87.1 Å². The second-order valence-corrected chi connectivity index (χ2v) is 18.5. The Bertz CT molecular complexity index is 3340. The van der Waals surface area contributed by atoms with Crippen LogP contribution in [0.15, 0.2) is 125 Å². The van der Waals surface area contributed by atoms with E-state index in [-0.39, 0.29) is 43.3 Å². The standard InChI is InChI=1S/C48H34N2O4S2/c51-41-29-19-25-11-3-4-12-26(25)20-30(29)42(52)39(41)49-35-23-33-37(48(35)17-9-2-10-18-48)46-38(47(33)15-7-1-8-16-47)45-34(55-46)24-36(56-45)50-40-43(53)31-21-27-13-5-6-14-28(27)22-32(31)44(40)54/h3-6,11-14,19-24H,1-2,7-10,15-18H2. The zero-order chi connectivity index (χ0) is 37.5. The zero-order valence-corrected chi connectivity index (χ0v) is 32.1. The van der Waals surface area contributed by atoms with E-state index in [1.807, 2.05) is 72.8 Å². The van der Waals surface area contributed by atoms with Crippen LogP contribution in [0.2, 0.25) is 0 Å². The van der Waals surface area contributed by atoms with Crippen molar-refractivity contribution in [1.29, 1.82) is 0 Å². The summed E-state index contributed by atoms with van der Waals surface area (Å²) in [6, 6.07) is 25.1. The van der Waals surface area contributed by atoms with E-state index in [1.165, 1.54) is 32.7 Å². The van der Waals surface area contributed by atoms with Crippen molar-refractivity contribution < 1.29 is 0 Å². The van der Waals surface area contributed by atoms with Crippen LogP contribution >= 0.6 is 22.7 Å². The average Bonchev–Trinajstić information content (AvgIpc) is 4.01. The SMILES string of the molecule is O=c1c(=NC2=CC3=C(c4sc5cc(N=c6c(=O)c7cc8ccccc8cc7c6=O)sc5c4C34CCCCC4)C23CCCCC3)c(=O)c2cc3ccccc3cc12. The Morgan fingerprint density at radius 2 is 0.982 bits per heavy atom. The van der Waals surface area contributed by atoms with Gasteiger partial charge in [0.2, 0.25) is 21.7 Å². The largest absolute Gasteiger partial charge is 0.287 e. The molecular weight excluding hydrogens is 733 g/mol. The summed E-state index contributed by atoms with van der Waals surface area (Å²) in [7, 11) is 0. The minimum Gasteiger partial charge on any atom is -0.287 e. The first-order valence-electron chi connectivity index (χ1n) is 19.8.